The number of hydrogen-bond acceptors (Lipinski definition) is 2. The summed E-state index contributed by atoms with van der Waals surface area (Å²) in [6.45, 7) is 2.00. The van der Waals surface area contributed by atoms with E-state index in [1.807, 2.05) is 18.4 Å². The van der Waals surface area contributed by atoms with Crippen molar-refractivity contribution in [3.8, 4) is 0 Å². The molecule has 1 radical (unpaired) electrons. The van der Waals surface area contributed by atoms with Crippen molar-refractivity contribution in [1.29, 1.82) is 0 Å². The van der Waals surface area contributed by atoms with Crippen LogP contribution in [0.4, 0.5) is 0 Å². The third-order valence-corrected chi connectivity index (χ3v) is 1.19. The van der Waals surface area contributed by atoms with Gasteiger partial charge in [0.25, 0.3) is 0 Å². The number of nitrogens with one attached hydrogen (secondary N) is 1. The maximum atomic E-state index is 2.92. The lowest BCUT2D eigenvalue weighted by Crippen LogP contribution is -1.93. The second-order valence-corrected chi connectivity index (χ2v) is 2.04. The summed E-state index contributed by atoms with van der Waals surface area (Å²) in [6, 6.07) is 0. The molecule has 37 valence electrons. The van der Waals surface area contributed by atoms with Crippen LogP contribution >= 0.6 is 11.9 Å². The average molecular weight is 112 g/mol. The summed E-state index contributed by atoms with van der Waals surface area (Å²) in [6.07, 6.45) is 4.94. The normalized spacial score (nSPS) is 18.1. The van der Waals surface area contributed by atoms with Gasteiger partial charge in [0.1, 0.15) is 0 Å². The largest absolute Gasteiger partial charge is 0.324 e. The minimum atomic E-state index is 1.15. The summed E-state index contributed by atoms with van der Waals surface area (Å²) >= 11 is 1.54. The van der Waals surface area contributed by atoms with E-state index < -0.39 is 0 Å². The predicted molar refractivity (Wildman–Crippen MR) is 32.3 cm³/mol. The van der Waals surface area contributed by atoms with Crippen LogP contribution in [0.15, 0.2) is 17.1 Å². The van der Waals surface area contributed by atoms with Gasteiger partial charge in [-0.25, -0.2) is 0 Å². The zero-order valence-corrected chi connectivity index (χ0v) is 4.88. The molecular formula is C5H6NS. The fourth-order valence-corrected chi connectivity index (χ4v) is 0.882. The second-order valence-electron chi connectivity index (χ2n) is 1.33. The average Bonchev–Trinajstić information content (AvgIpc) is 1.69. The van der Waals surface area contributed by atoms with Crippen LogP contribution in [0.5, 0.6) is 0 Å². The van der Waals surface area contributed by atoms with Gasteiger partial charge in [-0.2, -0.15) is 0 Å². The SMILES string of the molecule is CC1=[C]NSC=C1. The predicted octanol–water partition coefficient (Wildman–Crippen LogP) is 1.46. The molecule has 0 spiro atoms. The molecule has 2 heteroatoms. The molecule has 0 aromatic carbocycles. The molecule has 0 atom stereocenters. The summed E-state index contributed by atoms with van der Waals surface area (Å²) in [5.41, 5.74) is 1.15. The van der Waals surface area contributed by atoms with Crippen LogP contribution in [0.1, 0.15) is 6.92 Å². The number of hydrogen-bond donors (Lipinski definition) is 1. The van der Waals surface area contributed by atoms with E-state index in [9.17, 15) is 0 Å². The highest BCUT2D eigenvalue weighted by atomic mass is 32.2. The van der Waals surface area contributed by atoms with Crippen LogP contribution in [-0.2, 0) is 0 Å². The third kappa shape index (κ3) is 1.27. The summed E-state index contributed by atoms with van der Waals surface area (Å²) < 4.78 is 2.88. The Morgan fingerprint density at radius 3 is 3.00 bits per heavy atom. The summed E-state index contributed by atoms with van der Waals surface area (Å²) in [5.74, 6) is 0. The molecular weight excluding hydrogens is 106 g/mol. The van der Waals surface area contributed by atoms with Crippen molar-refractivity contribution in [2.75, 3.05) is 0 Å². The van der Waals surface area contributed by atoms with E-state index in [1.54, 1.807) is 0 Å². The van der Waals surface area contributed by atoms with Crippen LogP contribution in [0, 0.1) is 6.20 Å². The van der Waals surface area contributed by atoms with Gasteiger partial charge >= 0.3 is 0 Å². The molecule has 0 aliphatic carbocycles. The Balaban J connectivity index is 2.58. The third-order valence-electron chi connectivity index (χ3n) is 0.693. The lowest BCUT2D eigenvalue weighted by Gasteiger charge is -1.98. The number of rotatable bonds is 0. The summed E-state index contributed by atoms with van der Waals surface area (Å²) in [7, 11) is 0. The summed E-state index contributed by atoms with van der Waals surface area (Å²) in [4.78, 5) is 0. The Morgan fingerprint density at radius 2 is 2.71 bits per heavy atom. The van der Waals surface area contributed by atoms with Crippen molar-refractivity contribution in [1.82, 2.24) is 4.72 Å². The molecule has 1 aliphatic rings. The Labute approximate surface area is 47.6 Å². The lowest BCUT2D eigenvalue weighted by atomic mass is 10.3. The zero-order valence-electron chi connectivity index (χ0n) is 4.06. The van der Waals surface area contributed by atoms with Gasteiger partial charge in [0.15, 0.2) is 0 Å². The van der Waals surface area contributed by atoms with Gasteiger partial charge in [0.05, 0.1) is 6.20 Å². The first-order chi connectivity index (χ1) is 3.39. The van der Waals surface area contributed by atoms with Gasteiger partial charge in [-0.3, -0.25) is 0 Å². The zero-order chi connectivity index (χ0) is 5.11. The molecule has 1 heterocycles. The van der Waals surface area contributed by atoms with Gasteiger partial charge in [0.2, 0.25) is 0 Å². The van der Waals surface area contributed by atoms with E-state index in [-0.39, 0.29) is 0 Å². The maximum absolute atomic E-state index is 2.92. The van der Waals surface area contributed by atoms with Crippen LogP contribution in [-0.4, -0.2) is 0 Å². The summed E-state index contributed by atoms with van der Waals surface area (Å²) in [5, 5.41) is 1.99. The van der Waals surface area contributed by atoms with E-state index in [2.05, 4.69) is 10.9 Å². The van der Waals surface area contributed by atoms with Crippen molar-refractivity contribution in [3.05, 3.63) is 23.3 Å². The van der Waals surface area contributed by atoms with E-state index in [4.69, 9.17) is 0 Å². The van der Waals surface area contributed by atoms with E-state index in [1.165, 1.54) is 11.9 Å². The van der Waals surface area contributed by atoms with Gasteiger partial charge in [-0.1, -0.05) is 0 Å². The first-order valence-corrected chi connectivity index (χ1v) is 2.94. The molecule has 0 bridgehead atoms. The fourth-order valence-electron chi connectivity index (χ4n) is 0.322. The molecule has 0 aromatic heterocycles. The molecule has 7 heavy (non-hydrogen) atoms. The second kappa shape index (κ2) is 2.07. The highest BCUT2D eigenvalue weighted by Crippen LogP contribution is 2.05. The van der Waals surface area contributed by atoms with E-state index >= 15 is 0 Å². The Kier molecular flexibility index (Phi) is 1.42. The van der Waals surface area contributed by atoms with Crippen LogP contribution < -0.4 is 4.72 Å². The van der Waals surface area contributed by atoms with E-state index in [0.29, 0.717) is 0 Å². The van der Waals surface area contributed by atoms with Crippen LogP contribution in [0.2, 0.25) is 0 Å². The van der Waals surface area contributed by atoms with Crippen molar-refractivity contribution in [2.24, 2.45) is 0 Å². The number of allylic oxidation sites excluding steroid dienone is 2. The molecule has 0 unspecified atom stereocenters. The standard InChI is InChI=1S/C5H6NS/c1-5-2-3-7-6-4-5/h2-3,6H,1H3. The van der Waals surface area contributed by atoms with Gasteiger partial charge < -0.3 is 4.72 Å². The fraction of sp³-hybridized carbons (Fsp3) is 0.200. The molecule has 0 amide bonds. The molecule has 1 nitrogen and oxygen atoms in total. The first kappa shape index (κ1) is 4.78. The Morgan fingerprint density at radius 1 is 1.86 bits per heavy atom. The Hall–Kier alpha value is -0.370. The smallest absolute Gasteiger partial charge is 0.0718 e. The molecule has 1 N–H and O–H groups in total. The van der Waals surface area contributed by atoms with Gasteiger partial charge in [-0.05, 0) is 35.9 Å². The minimum Gasteiger partial charge on any atom is -0.324 e. The van der Waals surface area contributed by atoms with Gasteiger partial charge in [-0.15, -0.1) is 0 Å². The highest BCUT2D eigenvalue weighted by Gasteiger charge is 1.86. The van der Waals surface area contributed by atoms with Crippen LogP contribution in [0.3, 0.4) is 0 Å². The first-order valence-electron chi connectivity index (χ1n) is 2.06. The molecule has 0 fully saturated rings. The quantitative estimate of drug-likeness (QED) is 0.476. The molecule has 0 saturated carbocycles. The van der Waals surface area contributed by atoms with Gasteiger partial charge in [0, 0.05) is 0 Å². The van der Waals surface area contributed by atoms with Crippen LogP contribution in [0.25, 0.3) is 0 Å². The van der Waals surface area contributed by atoms with Crippen molar-refractivity contribution >= 4 is 11.9 Å². The minimum absolute atomic E-state index is 1.15. The van der Waals surface area contributed by atoms with Crippen molar-refractivity contribution in [2.45, 2.75) is 6.92 Å². The molecule has 0 aromatic rings. The lowest BCUT2D eigenvalue weighted by molar-refractivity contribution is 1.27. The molecule has 1 aliphatic heterocycles. The van der Waals surface area contributed by atoms with Crippen molar-refractivity contribution in [3.63, 3.8) is 0 Å². The monoisotopic (exact) mass is 112 g/mol. The molecule has 1 rings (SSSR count). The molecule has 0 saturated heterocycles. The maximum Gasteiger partial charge on any atom is 0.0718 e. The topological polar surface area (TPSA) is 12.0 Å². The van der Waals surface area contributed by atoms with Crippen molar-refractivity contribution < 1.29 is 0 Å². The Bertz CT molecular complexity index is 115. The van der Waals surface area contributed by atoms with E-state index in [0.717, 1.165) is 5.57 Å². The highest BCUT2D eigenvalue weighted by molar-refractivity contribution is 8.00.